The zero-order valence-electron chi connectivity index (χ0n) is 21.6. The maximum Gasteiger partial charge on any atom is 0.275 e. The average molecular weight is 687 g/mol. The highest BCUT2D eigenvalue weighted by Crippen LogP contribution is 2.40. The number of nitrogens with zero attached hydrogens (tertiary/aromatic N) is 2. The minimum atomic E-state index is -0.885. The fraction of sp³-hybridized carbons (Fsp3) is 0.143. The molecule has 0 atom stereocenters. The molecule has 6 rings (SSSR count). The third kappa shape index (κ3) is 4.80. The Morgan fingerprint density at radius 1 is 0.667 bits per heavy atom. The van der Waals surface area contributed by atoms with Crippen LogP contribution in [0.3, 0.4) is 0 Å². The zero-order valence-corrected chi connectivity index (χ0v) is 26.2. The molecule has 2 aromatic heterocycles. The Morgan fingerprint density at radius 3 is 1.55 bits per heavy atom. The molecule has 0 bridgehead atoms. The first-order chi connectivity index (χ1) is 20.0. The molecule has 0 aliphatic carbocycles. The topological polar surface area (TPSA) is 94.0 Å². The minimum absolute atomic E-state index is 0.0521. The number of aryl methyl sites for hydroxylation is 2. The maximum atomic E-state index is 14.2. The summed E-state index contributed by atoms with van der Waals surface area (Å²) in [5, 5.41) is 7.40. The molecular formula is C28H18Cl6N4O4. The number of hydrogen-bond acceptors (Lipinski definition) is 4. The number of hydrogen-bond donors (Lipinski definition) is 2. The van der Waals surface area contributed by atoms with Crippen LogP contribution < -0.4 is 20.6 Å². The van der Waals surface area contributed by atoms with Crippen LogP contribution in [-0.4, -0.2) is 26.4 Å². The Labute approximate surface area is 268 Å². The van der Waals surface area contributed by atoms with Crippen LogP contribution in [0, 0.1) is 13.8 Å². The SMILES string of the molecule is Cc1[nH]n(-c2c(Cl)cc(Cl)cc2Cl)c(=O)c1C(c1ccc2c(c1)OCO2)c1c(C)[nH]n(-c2c(Cl)cc(Cl)cc2Cl)c1=O. The van der Waals surface area contributed by atoms with E-state index in [0.717, 1.165) is 0 Å². The lowest BCUT2D eigenvalue weighted by Gasteiger charge is -2.16. The van der Waals surface area contributed by atoms with Gasteiger partial charge in [-0.2, -0.15) is 0 Å². The lowest BCUT2D eigenvalue weighted by atomic mass is 9.85. The highest BCUT2D eigenvalue weighted by molar-refractivity contribution is 6.41. The molecule has 8 nitrogen and oxygen atoms in total. The van der Waals surface area contributed by atoms with Crippen LogP contribution in [0.25, 0.3) is 11.4 Å². The van der Waals surface area contributed by atoms with Gasteiger partial charge >= 0.3 is 0 Å². The van der Waals surface area contributed by atoms with Crippen LogP contribution in [0.1, 0.15) is 34.0 Å². The molecular weight excluding hydrogens is 669 g/mol. The first-order valence-electron chi connectivity index (χ1n) is 12.3. The van der Waals surface area contributed by atoms with Gasteiger partial charge in [0.15, 0.2) is 11.5 Å². The Bertz CT molecular complexity index is 1860. The third-order valence-corrected chi connectivity index (χ3v) is 8.54. The van der Waals surface area contributed by atoms with E-state index in [1.54, 1.807) is 32.0 Å². The number of H-pyrrole nitrogens is 2. The van der Waals surface area contributed by atoms with Gasteiger partial charge in [-0.25, -0.2) is 9.36 Å². The molecule has 2 N–H and O–H groups in total. The van der Waals surface area contributed by atoms with Crippen molar-refractivity contribution in [1.82, 2.24) is 19.6 Å². The van der Waals surface area contributed by atoms with Gasteiger partial charge in [-0.15, -0.1) is 0 Å². The van der Waals surface area contributed by atoms with Crippen molar-refractivity contribution in [2.24, 2.45) is 0 Å². The van der Waals surface area contributed by atoms with E-state index in [2.05, 4.69) is 10.2 Å². The maximum absolute atomic E-state index is 14.2. The molecule has 3 heterocycles. The van der Waals surface area contributed by atoms with E-state index >= 15 is 0 Å². The molecule has 0 spiro atoms. The summed E-state index contributed by atoms with van der Waals surface area (Å²) in [6, 6.07) is 11.2. The van der Waals surface area contributed by atoms with Crippen molar-refractivity contribution in [3.8, 4) is 22.9 Å². The van der Waals surface area contributed by atoms with Crippen molar-refractivity contribution in [1.29, 1.82) is 0 Å². The van der Waals surface area contributed by atoms with E-state index < -0.39 is 17.0 Å². The van der Waals surface area contributed by atoms with Crippen molar-refractivity contribution in [2.45, 2.75) is 19.8 Å². The van der Waals surface area contributed by atoms with Crippen LogP contribution in [-0.2, 0) is 0 Å². The van der Waals surface area contributed by atoms with E-state index in [9.17, 15) is 9.59 Å². The van der Waals surface area contributed by atoms with Gasteiger partial charge in [0, 0.05) is 27.4 Å². The van der Waals surface area contributed by atoms with E-state index in [-0.39, 0.29) is 49.4 Å². The average Bonchev–Trinajstić information content (AvgIpc) is 3.56. The van der Waals surface area contributed by atoms with Crippen molar-refractivity contribution in [2.75, 3.05) is 6.79 Å². The largest absolute Gasteiger partial charge is 0.454 e. The monoisotopic (exact) mass is 684 g/mol. The van der Waals surface area contributed by atoms with Crippen molar-refractivity contribution in [3.05, 3.63) is 121 Å². The first-order valence-corrected chi connectivity index (χ1v) is 14.6. The Balaban J connectivity index is 1.63. The number of aromatic amines is 2. The molecule has 5 aromatic rings. The summed E-state index contributed by atoms with van der Waals surface area (Å²) in [6.45, 7) is 3.49. The number of ether oxygens (including phenoxy) is 2. The Morgan fingerprint density at radius 2 is 1.10 bits per heavy atom. The second-order valence-electron chi connectivity index (χ2n) is 9.56. The van der Waals surface area contributed by atoms with Crippen LogP contribution >= 0.6 is 69.6 Å². The summed E-state index contributed by atoms with van der Waals surface area (Å²) in [6.07, 6.45) is 0. The van der Waals surface area contributed by atoms with Gasteiger partial charge in [-0.3, -0.25) is 19.8 Å². The molecule has 3 aromatic carbocycles. The molecule has 14 heteroatoms. The third-order valence-electron chi connectivity index (χ3n) is 6.95. The van der Waals surface area contributed by atoms with Crippen molar-refractivity contribution in [3.63, 3.8) is 0 Å². The number of benzene rings is 3. The van der Waals surface area contributed by atoms with E-state index in [1.165, 1.54) is 33.6 Å². The second-order valence-corrected chi connectivity index (χ2v) is 12.1. The lowest BCUT2D eigenvalue weighted by molar-refractivity contribution is 0.174. The number of rotatable bonds is 5. The van der Waals surface area contributed by atoms with Gasteiger partial charge in [-0.1, -0.05) is 75.7 Å². The zero-order chi connectivity index (χ0) is 30.0. The lowest BCUT2D eigenvalue weighted by Crippen LogP contribution is -2.25. The quantitative estimate of drug-likeness (QED) is 0.195. The van der Waals surface area contributed by atoms with Crippen LogP contribution in [0.4, 0.5) is 0 Å². The number of aromatic nitrogens is 4. The summed E-state index contributed by atoms with van der Waals surface area (Å²) >= 11 is 38.1. The van der Waals surface area contributed by atoms with Gasteiger partial charge in [0.25, 0.3) is 11.1 Å². The number of fused-ring (bicyclic) bond motifs is 1. The van der Waals surface area contributed by atoms with Crippen LogP contribution in [0.5, 0.6) is 11.5 Å². The standard InChI is InChI=1S/C28H18Cl6N4O4/c1-11-22(27(39)37(35-11)25-16(31)6-14(29)7-17(25)32)24(13-3-4-20-21(5-13)42-10-41-20)23-12(2)36-38(28(23)40)26-18(33)8-15(30)9-19(26)34/h3-9,24,35-36H,10H2,1-2H3. The second kappa shape index (κ2) is 10.9. The van der Waals surface area contributed by atoms with Gasteiger partial charge in [0.2, 0.25) is 6.79 Å². The van der Waals surface area contributed by atoms with Gasteiger partial charge in [0.05, 0.1) is 31.2 Å². The summed E-state index contributed by atoms with van der Waals surface area (Å²) in [4.78, 5) is 28.4. The smallest absolute Gasteiger partial charge is 0.275 e. The molecule has 0 unspecified atom stereocenters. The van der Waals surface area contributed by atoms with E-state index in [1.807, 2.05) is 0 Å². The first kappa shape index (κ1) is 29.1. The predicted molar refractivity (Wildman–Crippen MR) is 166 cm³/mol. The van der Waals surface area contributed by atoms with Crippen LogP contribution in [0.2, 0.25) is 30.1 Å². The van der Waals surface area contributed by atoms with E-state index in [4.69, 9.17) is 79.1 Å². The molecule has 0 amide bonds. The van der Waals surface area contributed by atoms with Gasteiger partial charge < -0.3 is 9.47 Å². The Kier molecular flexibility index (Phi) is 7.58. The molecule has 0 saturated heterocycles. The summed E-state index contributed by atoms with van der Waals surface area (Å²) in [5.74, 6) is 0.139. The van der Waals surface area contributed by atoms with Crippen molar-refractivity contribution < 1.29 is 9.47 Å². The molecule has 0 radical (unpaired) electrons. The van der Waals surface area contributed by atoms with Gasteiger partial charge in [0.1, 0.15) is 11.4 Å². The van der Waals surface area contributed by atoms with Crippen molar-refractivity contribution >= 4 is 69.6 Å². The van der Waals surface area contributed by atoms with E-state index in [0.29, 0.717) is 38.5 Å². The molecule has 0 saturated carbocycles. The molecule has 1 aliphatic rings. The number of halogens is 6. The summed E-state index contributed by atoms with van der Waals surface area (Å²) < 4.78 is 13.6. The highest BCUT2D eigenvalue weighted by atomic mass is 35.5. The predicted octanol–water partition coefficient (Wildman–Crippen LogP) is 8.09. The van der Waals surface area contributed by atoms with Crippen LogP contribution in [0.15, 0.2) is 52.1 Å². The normalized spacial score (nSPS) is 12.5. The fourth-order valence-corrected chi connectivity index (χ4v) is 7.15. The highest BCUT2D eigenvalue weighted by Gasteiger charge is 2.33. The summed E-state index contributed by atoms with van der Waals surface area (Å²) in [7, 11) is 0. The molecule has 1 aliphatic heterocycles. The Hall–Kier alpha value is -2.98. The molecule has 42 heavy (non-hydrogen) atoms. The molecule has 216 valence electrons. The van der Waals surface area contributed by atoms with Gasteiger partial charge in [-0.05, 0) is 55.8 Å². The molecule has 0 fully saturated rings. The number of nitrogens with one attached hydrogen (secondary N) is 2. The minimum Gasteiger partial charge on any atom is -0.454 e. The fourth-order valence-electron chi connectivity index (χ4n) is 5.18. The summed E-state index contributed by atoms with van der Waals surface area (Å²) in [5.41, 5.74) is 1.57.